The summed E-state index contributed by atoms with van der Waals surface area (Å²) in [5.41, 5.74) is 1.40. The fourth-order valence-corrected chi connectivity index (χ4v) is 2.60. The molecule has 2 fully saturated rings. The Morgan fingerprint density at radius 1 is 1.23 bits per heavy atom. The molecule has 0 aliphatic carbocycles. The van der Waals surface area contributed by atoms with Crippen LogP contribution in [0.25, 0.3) is 0 Å². The van der Waals surface area contributed by atoms with Crippen LogP contribution in [-0.4, -0.2) is 17.2 Å². The molecule has 2 aliphatic rings. The quantitative estimate of drug-likeness (QED) is 0.652. The lowest BCUT2D eigenvalue weighted by Gasteiger charge is -2.18. The fraction of sp³-hybridized carbons (Fsp3) is 0.545. The summed E-state index contributed by atoms with van der Waals surface area (Å²) in [6.07, 6.45) is 8.52. The molecule has 0 radical (unpaired) electrons. The Hall–Kier alpha value is -0.890. The van der Waals surface area contributed by atoms with E-state index in [-0.39, 0.29) is 0 Å². The Morgan fingerprint density at radius 3 is 2.69 bits per heavy atom. The van der Waals surface area contributed by atoms with Crippen molar-refractivity contribution in [1.82, 2.24) is 4.98 Å². The van der Waals surface area contributed by atoms with Crippen molar-refractivity contribution in [3.8, 4) is 0 Å². The molecule has 0 N–H and O–H groups in total. The topological polar surface area (TPSA) is 22.1 Å². The number of fused-ring (bicyclic) bond motifs is 2. The van der Waals surface area contributed by atoms with Crippen LogP contribution in [0, 0.1) is 0 Å². The zero-order valence-electron chi connectivity index (χ0n) is 7.52. The third-order valence-corrected chi connectivity index (χ3v) is 3.24. The van der Waals surface area contributed by atoms with Gasteiger partial charge in [0.1, 0.15) is 0 Å². The molecule has 2 aliphatic heterocycles. The van der Waals surface area contributed by atoms with Gasteiger partial charge in [-0.25, -0.2) is 0 Å². The first-order chi connectivity index (χ1) is 6.43. The van der Waals surface area contributed by atoms with Gasteiger partial charge in [-0.1, -0.05) is 0 Å². The molecule has 3 unspecified atom stereocenters. The smallest absolute Gasteiger partial charge is 0.0649 e. The maximum atomic E-state index is 5.82. The first kappa shape index (κ1) is 7.51. The fourth-order valence-electron chi connectivity index (χ4n) is 2.60. The van der Waals surface area contributed by atoms with Gasteiger partial charge in [-0.15, -0.1) is 0 Å². The summed E-state index contributed by atoms with van der Waals surface area (Å²) < 4.78 is 5.82. The predicted octanol–water partition coefficient (Wildman–Crippen LogP) is 2.12. The highest BCUT2D eigenvalue weighted by Gasteiger charge is 2.41. The van der Waals surface area contributed by atoms with Crippen LogP contribution < -0.4 is 0 Å². The lowest BCUT2D eigenvalue weighted by molar-refractivity contribution is 0.101. The summed E-state index contributed by atoms with van der Waals surface area (Å²) in [5, 5.41) is 0. The van der Waals surface area contributed by atoms with E-state index in [4.69, 9.17) is 4.74 Å². The first-order valence-corrected chi connectivity index (χ1v) is 4.99. The highest BCUT2D eigenvalue weighted by molar-refractivity contribution is 5.20. The highest BCUT2D eigenvalue weighted by atomic mass is 16.5. The average Bonchev–Trinajstić information content (AvgIpc) is 2.80. The second-order valence-corrected chi connectivity index (χ2v) is 4.00. The standard InChI is InChI=1S/C11H13NO/c1-2-11-10(7-9(1)13-11)8-3-5-12-6-4-8/h3-6,9-11H,1-2,7H2. The van der Waals surface area contributed by atoms with Gasteiger partial charge in [0.2, 0.25) is 0 Å². The summed E-state index contributed by atoms with van der Waals surface area (Å²) in [7, 11) is 0. The van der Waals surface area contributed by atoms with Gasteiger partial charge in [-0.2, -0.15) is 0 Å². The zero-order chi connectivity index (χ0) is 8.67. The monoisotopic (exact) mass is 175 g/mol. The van der Waals surface area contributed by atoms with E-state index in [0.717, 1.165) is 0 Å². The van der Waals surface area contributed by atoms with Gasteiger partial charge < -0.3 is 4.74 Å². The maximum absolute atomic E-state index is 5.82. The molecule has 2 saturated heterocycles. The minimum atomic E-state index is 0.493. The van der Waals surface area contributed by atoms with E-state index in [1.165, 1.54) is 24.8 Å². The van der Waals surface area contributed by atoms with Crippen LogP contribution in [0.4, 0.5) is 0 Å². The van der Waals surface area contributed by atoms with E-state index < -0.39 is 0 Å². The van der Waals surface area contributed by atoms with Gasteiger partial charge in [-0.05, 0) is 37.0 Å². The molecule has 2 nitrogen and oxygen atoms in total. The van der Waals surface area contributed by atoms with Crippen LogP contribution in [-0.2, 0) is 4.74 Å². The van der Waals surface area contributed by atoms with Crippen LogP contribution in [0.2, 0.25) is 0 Å². The summed E-state index contributed by atoms with van der Waals surface area (Å²) in [4.78, 5) is 4.04. The van der Waals surface area contributed by atoms with Crippen molar-refractivity contribution in [2.24, 2.45) is 0 Å². The van der Waals surface area contributed by atoms with Crippen molar-refractivity contribution in [1.29, 1.82) is 0 Å². The molecule has 3 atom stereocenters. The molecule has 1 aromatic rings. The number of aromatic nitrogens is 1. The minimum absolute atomic E-state index is 0.493. The van der Waals surface area contributed by atoms with Crippen LogP contribution >= 0.6 is 0 Å². The number of pyridine rings is 1. The van der Waals surface area contributed by atoms with Crippen LogP contribution in [0.3, 0.4) is 0 Å². The number of nitrogens with zero attached hydrogens (tertiary/aromatic N) is 1. The van der Waals surface area contributed by atoms with Crippen molar-refractivity contribution >= 4 is 0 Å². The predicted molar refractivity (Wildman–Crippen MR) is 49.5 cm³/mol. The Balaban J connectivity index is 1.87. The molecular weight excluding hydrogens is 162 g/mol. The van der Waals surface area contributed by atoms with Gasteiger partial charge in [0.05, 0.1) is 12.2 Å². The molecule has 0 spiro atoms. The highest BCUT2D eigenvalue weighted by Crippen LogP contribution is 2.44. The minimum Gasteiger partial charge on any atom is -0.374 e. The Bertz CT molecular complexity index is 298. The van der Waals surface area contributed by atoms with Crippen molar-refractivity contribution in [3.63, 3.8) is 0 Å². The number of ether oxygens (including phenoxy) is 1. The number of rotatable bonds is 1. The molecule has 68 valence electrons. The Morgan fingerprint density at radius 2 is 2.08 bits per heavy atom. The Labute approximate surface area is 77.9 Å². The molecule has 2 heteroatoms. The van der Waals surface area contributed by atoms with Crippen molar-refractivity contribution in [3.05, 3.63) is 30.1 Å². The van der Waals surface area contributed by atoms with E-state index in [1.54, 1.807) is 0 Å². The molecular formula is C11H13NO. The van der Waals surface area contributed by atoms with Crippen molar-refractivity contribution < 1.29 is 4.74 Å². The lowest BCUT2D eigenvalue weighted by Crippen LogP contribution is -2.14. The molecule has 0 saturated carbocycles. The summed E-state index contributed by atoms with van der Waals surface area (Å²) in [5.74, 6) is 0.641. The van der Waals surface area contributed by atoms with E-state index in [0.29, 0.717) is 18.1 Å². The third kappa shape index (κ3) is 1.17. The maximum Gasteiger partial charge on any atom is 0.0649 e. The normalized spacial score (nSPS) is 36.8. The largest absolute Gasteiger partial charge is 0.374 e. The van der Waals surface area contributed by atoms with Gasteiger partial charge in [0.15, 0.2) is 0 Å². The summed E-state index contributed by atoms with van der Waals surface area (Å²) in [6, 6.07) is 4.24. The van der Waals surface area contributed by atoms with Crippen molar-refractivity contribution in [2.75, 3.05) is 0 Å². The third-order valence-electron chi connectivity index (χ3n) is 3.24. The average molecular weight is 175 g/mol. The molecule has 3 heterocycles. The molecule has 13 heavy (non-hydrogen) atoms. The second kappa shape index (κ2) is 2.81. The van der Waals surface area contributed by atoms with Gasteiger partial charge in [-0.3, -0.25) is 4.98 Å². The van der Waals surface area contributed by atoms with E-state index in [2.05, 4.69) is 17.1 Å². The van der Waals surface area contributed by atoms with Crippen LogP contribution in [0.5, 0.6) is 0 Å². The lowest BCUT2D eigenvalue weighted by atomic mass is 9.84. The molecule has 1 aromatic heterocycles. The van der Waals surface area contributed by atoms with Crippen LogP contribution in [0.15, 0.2) is 24.5 Å². The number of hydrogen-bond donors (Lipinski definition) is 0. The second-order valence-electron chi connectivity index (χ2n) is 4.00. The SMILES string of the molecule is c1cc(C2CC3CCC2O3)ccn1. The van der Waals surface area contributed by atoms with Gasteiger partial charge >= 0.3 is 0 Å². The van der Waals surface area contributed by atoms with E-state index in [9.17, 15) is 0 Å². The zero-order valence-corrected chi connectivity index (χ0v) is 7.52. The van der Waals surface area contributed by atoms with Crippen LogP contribution in [0.1, 0.15) is 30.7 Å². The summed E-state index contributed by atoms with van der Waals surface area (Å²) in [6.45, 7) is 0. The molecule has 3 rings (SSSR count). The van der Waals surface area contributed by atoms with Crippen molar-refractivity contribution in [2.45, 2.75) is 37.4 Å². The molecule has 0 amide bonds. The van der Waals surface area contributed by atoms with E-state index >= 15 is 0 Å². The number of hydrogen-bond acceptors (Lipinski definition) is 2. The van der Waals surface area contributed by atoms with Gasteiger partial charge in [0, 0.05) is 18.3 Å². The Kier molecular flexibility index (Phi) is 1.62. The van der Waals surface area contributed by atoms with Gasteiger partial charge in [0.25, 0.3) is 0 Å². The molecule has 2 bridgehead atoms. The molecule has 0 aromatic carbocycles. The first-order valence-electron chi connectivity index (χ1n) is 4.99. The summed E-state index contributed by atoms with van der Waals surface area (Å²) >= 11 is 0. The van der Waals surface area contributed by atoms with E-state index in [1.807, 2.05) is 12.4 Å².